The maximum Gasteiger partial charge on any atom is 0.340 e. The van der Waals surface area contributed by atoms with Gasteiger partial charge in [0, 0.05) is 52.1 Å². The van der Waals surface area contributed by atoms with E-state index < -0.39 is 5.60 Å². The number of nitrogens with zero attached hydrogens (tertiary/aromatic N) is 1. The molecule has 244 valence electrons. The van der Waals surface area contributed by atoms with E-state index in [1.807, 2.05) is 54.6 Å². The molecule has 5 heteroatoms. The van der Waals surface area contributed by atoms with Crippen LogP contribution in [0.4, 0.5) is 22.7 Å². The van der Waals surface area contributed by atoms with Crippen molar-refractivity contribution in [1.29, 1.82) is 0 Å². The summed E-state index contributed by atoms with van der Waals surface area (Å²) in [5.74, 6) is 1.06. The molecule has 2 heterocycles. The van der Waals surface area contributed by atoms with E-state index in [1.165, 1.54) is 37.7 Å². The molecule has 1 unspecified atom stereocenters. The van der Waals surface area contributed by atoms with Crippen molar-refractivity contribution < 1.29 is 14.3 Å². The number of nitrogens with one attached hydrogen (secondary N) is 1. The average molecular weight is 637 g/mol. The number of rotatable bonds is 12. The smallest absolute Gasteiger partial charge is 0.340 e. The summed E-state index contributed by atoms with van der Waals surface area (Å²) in [4.78, 5) is 15.9. The molecule has 5 aromatic carbocycles. The Morgan fingerprint density at radius 3 is 2.19 bits per heavy atom. The third-order valence-electron chi connectivity index (χ3n) is 9.80. The third kappa shape index (κ3) is 5.83. The second kappa shape index (κ2) is 13.6. The van der Waals surface area contributed by atoms with E-state index in [0.29, 0.717) is 17.1 Å². The number of unbranched alkanes of at least 4 members (excludes halogenated alkanes) is 5. The molecule has 0 amide bonds. The van der Waals surface area contributed by atoms with Gasteiger partial charge in [0.1, 0.15) is 11.5 Å². The molecule has 0 saturated heterocycles. The first-order chi connectivity index (χ1) is 23.5. The van der Waals surface area contributed by atoms with Gasteiger partial charge in [-0.15, -0.1) is 0 Å². The minimum Gasteiger partial charge on any atom is -0.456 e. The predicted molar refractivity (Wildman–Crippen MR) is 195 cm³/mol. The fourth-order valence-electron chi connectivity index (χ4n) is 7.16. The van der Waals surface area contributed by atoms with Crippen LogP contribution in [-0.2, 0) is 16.8 Å². The number of fused-ring (bicyclic) bond motifs is 6. The third-order valence-corrected chi connectivity index (χ3v) is 9.80. The van der Waals surface area contributed by atoms with Gasteiger partial charge >= 0.3 is 5.97 Å². The summed E-state index contributed by atoms with van der Waals surface area (Å²) < 4.78 is 13.3. The lowest BCUT2D eigenvalue weighted by molar-refractivity contribution is 0.0224. The van der Waals surface area contributed by atoms with Crippen LogP contribution in [0.25, 0.3) is 0 Å². The summed E-state index contributed by atoms with van der Waals surface area (Å²) in [5, 5.41) is 3.57. The second-order valence-electron chi connectivity index (χ2n) is 13.0. The van der Waals surface area contributed by atoms with Gasteiger partial charge in [0.05, 0.1) is 5.56 Å². The van der Waals surface area contributed by atoms with E-state index in [4.69, 9.17) is 9.47 Å². The highest BCUT2D eigenvalue weighted by atomic mass is 16.6. The fourth-order valence-corrected chi connectivity index (χ4v) is 7.16. The molecule has 1 atom stereocenters. The Morgan fingerprint density at radius 1 is 0.688 bits per heavy atom. The molecule has 0 aromatic heterocycles. The van der Waals surface area contributed by atoms with Crippen LogP contribution >= 0.6 is 0 Å². The number of hydrogen-bond donors (Lipinski definition) is 1. The summed E-state index contributed by atoms with van der Waals surface area (Å²) in [7, 11) is 0. The maximum absolute atomic E-state index is 13.5. The van der Waals surface area contributed by atoms with Gasteiger partial charge < -0.3 is 19.7 Å². The molecule has 1 N–H and O–H groups in total. The van der Waals surface area contributed by atoms with Gasteiger partial charge in [-0.2, -0.15) is 0 Å². The van der Waals surface area contributed by atoms with E-state index in [2.05, 4.69) is 85.6 Å². The lowest BCUT2D eigenvalue weighted by Gasteiger charge is -2.38. The van der Waals surface area contributed by atoms with Crippen molar-refractivity contribution in [2.24, 2.45) is 0 Å². The molecular weight excluding hydrogens is 592 g/mol. The molecule has 5 aromatic rings. The summed E-state index contributed by atoms with van der Waals surface area (Å²) >= 11 is 0. The van der Waals surface area contributed by atoms with E-state index in [0.717, 1.165) is 64.4 Å². The van der Waals surface area contributed by atoms with Crippen LogP contribution in [0.2, 0.25) is 0 Å². The van der Waals surface area contributed by atoms with Crippen LogP contribution in [0.15, 0.2) is 109 Å². The second-order valence-corrected chi connectivity index (χ2v) is 13.0. The Hall–Kier alpha value is -5.03. The average Bonchev–Trinajstić information content (AvgIpc) is 3.41. The molecule has 2 aliphatic rings. The lowest BCUT2D eigenvalue weighted by atomic mass is 9.77. The summed E-state index contributed by atoms with van der Waals surface area (Å²) in [6.45, 7) is 7.43. The largest absolute Gasteiger partial charge is 0.456 e. The number of carbonyl (C=O) groups is 1. The van der Waals surface area contributed by atoms with Crippen molar-refractivity contribution >= 4 is 28.7 Å². The van der Waals surface area contributed by atoms with Crippen molar-refractivity contribution in [2.75, 3.05) is 16.8 Å². The SMILES string of the molecule is CCCCCCCCN(c1ccc(CC)cc1)c1ccc2c(c1)Oc1cc(C)c(Nc3ccccc3)cc1C21OC(=O)c2ccccc21. The van der Waals surface area contributed by atoms with Crippen molar-refractivity contribution in [1.82, 2.24) is 0 Å². The first-order valence-corrected chi connectivity index (χ1v) is 17.5. The fraction of sp³-hybridized carbons (Fsp3) is 0.279. The number of esters is 1. The Labute approximate surface area is 284 Å². The highest BCUT2D eigenvalue weighted by Crippen LogP contribution is 2.57. The topological polar surface area (TPSA) is 50.8 Å². The zero-order chi connectivity index (χ0) is 33.1. The molecule has 0 fully saturated rings. The van der Waals surface area contributed by atoms with Gasteiger partial charge in [-0.1, -0.05) is 94.5 Å². The monoisotopic (exact) mass is 636 g/mol. The van der Waals surface area contributed by atoms with Gasteiger partial charge in [-0.25, -0.2) is 4.79 Å². The minimum atomic E-state index is -1.14. The van der Waals surface area contributed by atoms with Gasteiger partial charge in [0.25, 0.3) is 0 Å². The van der Waals surface area contributed by atoms with Gasteiger partial charge in [0.2, 0.25) is 0 Å². The van der Waals surface area contributed by atoms with Crippen LogP contribution in [0.1, 0.15) is 90.5 Å². The van der Waals surface area contributed by atoms with Crippen molar-refractivity contribution in [3.8, 4) is 11.5 Å². The number of para-hydroxylation sites is 1. The lowest BCUT2D eigenvalue weighted by Crippen LogP contribution is -2.33. The van der Waals surface area contributed by atoms with Gasteiger partial charge in [-0.05, 0) is 85.5 Å². The van der Waals surface area contributed by atoms with Crippen molar-refractivity contribution in [3.05, 3.63) is 143 Å². The normalized spacial score (nSPS) is 15.7. The standard InChI is InChI=1S/C43H44N2O3/c1-4-6-7-8-9-15-26-45(33-22-20-31(5-2)21-23-33)34-24-25-37-41(28-34)47-40-27-30(3)39(44-32-16-11-10-12-17-32)29-38(40)43(37)36-19-14-13-18-35(36)42(46)48-43/h10-14,16-25,27-29,44H,4-9,15,26H2,1-3H3. The Bertz CT molecular complexity index is 1920. The summed E-state index contributed by atoms with van der Waals surface area (Å²) in [6, 6.07) is 37.3. The number of carbonyl (C=O) groups excluding carboxylic acids is 1. The maximum atomic E-state index is 13.5. The Morgan fingerprint density at radius 2 is 1.40 bits per heavy atom. The quantitative estimate of drug-likeness (QED) is 0.109. The highest BCUT2D eigenvalue weighted by molar-refractivity contribution is 5.97. The zero-order valence-electron chi connectivity index (χ0n) is 28.2. The van der Waals surface area contributed by atoms with Crippen molar-refractivity contribution in [2.45, 2.75) is 71.3 Å². The Kier molecular flexibility index (Phi) is 8.94. The minimum absolute atomic E-state index is 0.327. The van der Waals surface area contributed by atoms with Crippen LogP contribution in [0.5, 0.6) is 11.5 Å². The molecule has 0 saturated carbocycles. The Balaban J connectivity index is 1.32. The predicted octanol–water partition coefficient (Wildman–Crippen LogP) is 11.4. The molecular formula is C43H44N2O3. The highest BCUT2D eigenvalue weighted by Gasteiger charge is 2.53. The first kappa shape index (κ1) is 31.6. The molecule has 0 bridgehead atoms. The molecule has 5 nitrogen and oxygen atoms in total. The number of hydrogen-bond acceptors (Lipinski definition) is 5. The van der Waals surface area contributed by atoms with Crippen LogP contribution in [0.3, 0.4) is 0 Å². The summed E-state index contributed by atoms with van der Waals surface area (Å²) in [6.07, 6.45) is 8.41. The van der Waals surface area contributed by atoms with E-state index >= 15 is 0 Å². The molecule has 0 aliphatic carbocycles. The van der Waals surface area contributed by atoms with E-state index in [9.17, 15) is 4.79 Å². The van der Waals surface area contributed by atoms with Crippen LogP contribution in [-0.4, -0.2) is 12.5 Å². The number of benzene rings is 5. The van der Waals surface area contributed by atoms with E-state index in [1.54, 1.807) is 0 Å². The molecule has 1 spiro atoms. The number of ether oxygens (including phenoxy) is 2. The number of aryl methyl sites for hydroxylation is 2. The molecule has 48 heavy (non-hydrogen) atoms. The zero-order valence-corrected chi connectivity index (χ0v) is 28.2. The number of anilines is 4. The van der Waals surface area contributed by atoms with Gasteiger partial charge in [-0.3, -0.25) is 0 Å². The van der Waals surface area contributed by atoms with E-state index in [-0.39, 0.29) is 5.97 Å². The first-order valence-electron chi connectivity index (χ1n) is 17.5. The molecule has 2 aliphatic heterocycles. The van der Waals surface area contributed by atoms with Crippen molar-refractivity contribution in [3.63, 3.8) is 0 Å². The van der Waals surface area contributed by atoms with Crippen LogP contribution < -0.4 is 15.0 Å². The van der Waals surface area contributed by atoms with Crippen LogP contribution in [0, 0.1) is 6.92 Å². The summed E-state index contributed by atoms with van der Waals surface area (Å²) in [5.41, 5.74) is 8.41. The van der Waals surface area contributed by atoms with Gasteiger partial charge in [0.15, 0.2) is 5.60 Å². The molecule has 7 rings (SSSR count). The molecule has 0 radical (unpaired) electrons.